The van der Waals surface area contributed by atoms with Crippen LogP contribution in [0.5, 0.6) is 0 Å². The molecule has 0 heterocycles. The first-order valence-electron chi connectivity index (χ1n) is 6.03. The highest BCUT2D eigenvalue weighted by atomic mass is 15.1. The Hall–Kier alpha value is -0.0800. The van der Waals surface area contributed by atoms with Crippen LogP contribution in [-0.4, -0.2) is 37.1 Å². The van der Waals surface area contributed by atoms with Crippen LogP contribution in [0.4, 0.5) is 0 Å². The minimum atomic E-state index is 0.606. The maximum Gasteiger partial charge on any atom is 0.0189 e. The Morgan fingerprint density at radius 3 is 2.36 bits per heavy atom. The van der Waals surface area contributed by atoms with Crippen LogP contribution in [0.15, 0.2) is 0 Å². The predicted octanol–water partition coefficient (Wildman–Crippen LogP) is 2.10. The lowest BCUT2D eigenvalue weighted by molar-refractivity contribution is 0.166. The summed E-state index contributed by atoms with van der Waals surface area (Å²) in [5, 5.41) is 3.49. The lowest BCUT2D eigenvalue weighted by Gasteiger charge is -2.33. The van der Waals surface area contributed by atoms with Crippen LogP contribution in [0, 0.1) is 5.92 Å². The Kier molecular flexibility index (Phi) is 4.90. The van der Waals surface area contributed by atoms with E-state index in [4.69, 9.17) is 0 Å². The molecular formula is C12H26N2. The van der Waals surface area contributed by atoms with Gasteiger partial charge < -0.3 is 10.2 Å². The molecule has 0 bridgehead atoms. The highest BCUT2D eigenvalue weighted by molar-refractivity contribution is 4.76. The third-order valence-corrected chi connectivity index (χ3v) is 3.34. The highest BCUT2D eigenvalue weighted by Crippen LogP contribution is 2.27. The van der Waals surface area contributed by atoms with Gasteiger partial charge in [0, 0.05) is 25.2 Å². The molecule has 84 valence electrons. The zero-order valence-electron chi connectivity index (χ0n) is 10.2. The normalized spacial score (nSPS) is 20.1. The van der Waals surface area contributed by atoms with Gasteiger partial charge in [0.05, 0.1) is 0 Å². The number of nitrogens with zero attached hydrogens (tertiary/aromatic N) is 1. The molecule has 0 aromatic carbocycles. The summed E-state index contributed by atoms with van der Waals surface area (Å²) in [7, 11) is 2.25. The molecule has 0 spiro atoms. The SMILES string of the molecule is CC(C)NCC(C)N(C)CC1CCC1. The fraction of sp³-hybridized carbons (Fsp3) is 1.00. The van der Waals surface area contributed by atoms with Gasteiger partial charge >= 0.3 is 0 Å². The van der Waals surface area contributed by atoms with Gasteiger partial charge in [-0.3, -0.25) is 0 Å². The van der Waals surface area contributed by atoms with Crippen LogP contribution >= 0.6 is 0 Å². The second-order valence-electron chi connectivity index (χ2n) is 5.15. The van der Waals surface area contributed by atoms with Crippen molar-refractivity contribution < 1.29 is 0 Å². The van der Waals surface area contributed by atoms with Crippen molar-refractivity contribution in [2.24, 2.45) is 5.92 Å². The molecular weight excluding hydrogens is 172 g/mol. The third kappa shape index (κ3) is 3.97. The Balaban J connectivity index is 2.11. The van der Waals surface area contributed by atoms with E-state index in [0.29, 0.717) is 12.1 Å². The van der Waals surface area contributed by atoms with Crippen molar-refractivity contribution >= 4 is 0 Å². The fourth-order valence-electron chi connectivity index (χ4n) is 1.82. The van der Waals surface area contributed by atoms with E-state index in [-0.39, 0.29) is 0 Å². The van der Waals surface area contributed by atoms with Crippen molar-refractivity contribution in [2.45, 2.75) is 52.1 Å². The zero-order chi connectivity index (χ0) is 10.6. The molecule has 1 aliphatic carbocycles. The summed E-state index contributed by atoms with van der Waals surface area (Å²) in [6.45, 7) is 9.13. The fourth-order valence-corrected chi connectivity index (χ4v) is 1.82. The number of hydrogen-bond donors (Lipinski definition) is 1. The van der Waals surface area contributed by atoms with Crippen molar-refractivity contribution in [1.82, 2.24) is 10.2 Å². The van der Waals surface area contributed by atoms with Crippen LogP contribution < -0.4 is 5.32 Å². The van der Waals surface area contributed by atoms with E-state index >= 15 is 0 Å². The summed E-state index contributed by atoms with van der Waals surface area (Å²) in [5.41, 5.74) is 0. The summed E-state index contributed by atoms with van der Waals surface area (Å²) < 4.78 is 0. The zero-order valence-corrected chi connectivity index (χ0v) is 10.2. The molecule has 1 aliphatic rings. The van der Waals surface area contributed by atoms with Gasteiger partial charge in [0.25, 0.3) is 0 Å². The average molecular weight is 198 g/mol. The quantitative estimate of drug-likeness (QED) is 0.703. The minimum Gasteiger partial charge on any atom is -0.313 e. The Labute approximate surface area is 89.1 Å². The molecule has 1 fully saturated rings. The molecule has 1 rings (SSSR count). The number of likely N-dealkylation sites (N-methyl/N-ethyl adjacent to an activating group) is 1. The molecule has 1 N–H and O–H groups in total. The molecule has 1 saturated carbocycles. The van der Waals surface area contributed by atoms with Crippen molar-refractivity contribution in [1.29, 1.82) is 0 Å². The van der Waals surface area contributed by atoms with Gasteiger partial charge in [-0.25, -0.2) is 0 Å². The van der Waals surface area contributed by atoms with E-state index in [0.717, 1.165) is 12.5 Å². The second kappa shape index (κ2) is 5.72. The minimum absolute atomic E-state index is 0.606. The lowest BCUT2D eigenvalue weighted by atomic mass is 9.85. The topological polar surface area (TPSA) is 15.3 Å². The molecule has 0 aromatic heterocycles. The van der Waals surface area contributed by atoms with Gasteiger partial charge in [0.15, 0.2) is 0 Å². The summed E-state index contributed by atoms with van der Waals surface area (Å²) in [4.78, 5) is 2.50. The summed E-state index contributed by atoms with van der Waals surface area (Å²) in [6.07, 6.45) is 4.36. The molecule has 0 aliphatic heterocycles. The summed E-state index contributed by atoms with van der Waals surface area (Å²) in [5.74, 6) is 0.987. The van der Waals surface area contributed by atoms with Crippen molar-refractivity contribution in [2.75, 3.05) is 20.1 Å². The first-order chi connectivity index (χ1) is 6.59. The second-order valence-corrected chi connectivity index (χ2v) is 5.15. The van der Waals surface area contributed by atoms with Gasteiger partial charge in [-0.15, -0.1) is 0 Å². The predicted molar refractivity (Wildman–Crippen MR) is 62.6 cm³/mol. The van der Waals surface area contributed by atoms with Crippen LogP contribution in [0.1, 0.15) is 40.0 Å². The largest absolute Gasteiger partial charge is 0.313 e. The molecule has 1 atom stereocenters. The Morgan fingerprint density at radius 2 is 1.93 bits per heavy atom. The van der Waals surface area contributed by atoms with E-state index < -0.39 is 0 Å². The van der Waals surface area contributed by atoms with Crippen LogP contribution in [-0.2, 0) is 0 Å². The third-order valence-electron chi connectivity index (χ3n) is 3.34. The average Bonchev–Trinajstić information content (AvgIpc) is 2.06. The van der Waals surface area contributed by atoms with Crippen molar-refractivity contribution in [3.63, 3.8) is 0 Å². The van der Waals surface area contributed by atoms with Gasteiger partial charge in [0.1, 0.15) is 0 Å². The smallest absolute Gasteiger partial charge is 0.0189 e. The Bertz CT molecular complexity index is 152. The van der Waals surface area contributed by atoms with E-state index in [1.54, 1.807) is 0 Å². The Morgan fingerprint density at radius 1 is 1.29 bits per heavy atom. The molecule has 0 saturated heterocycles. The van der Waals surface area contributed by atoms with Gasteiger partial charge in [-0.1, -0.05) is 20.3 Å². The molecule has 1 unspecified atom stereocenters. The molecule has 0 amide bonds. The standard InChI is InChI=1S/C12H26N2/c1-10(2)13-8-11(3)14(4)9-12-6-5-7-12/h10-13H,5-9H2,1-4H3. The lowest BCUT2D eigenvalue weighted by Crippen LogP contribution is -2.42. The van der Waals surface area contributed by atoms with E-state index in [9.17, 15) is 0 Å². The molecule has 2 nitrogen and oxygen atoms in total. The maximum atomic E-state index is 3.49. The van der Waals surface area contributed by atoms with Crippen molar-refractivity contribution in [3.05, 3.63) is 0 Å². The number of hydrogen-bond acceptors (Lipinski definition) is 2. The van der Waals surface area contributed by atoms with Gasteiger partial charge in [0.2, 0.25) is 0 Å². The number of rotatable bonds is 6. The highest BCUT2D eigenvalue weighted by Gasteiger charge is 2.20. The van der Waals surface area contributed by atoms with Gasteiger partial charge in [-0.2, -0.15) is 0 Å². The summed E-state index contributed by atoms with van der Waals surface area (Å²) >= 11 is 0. The maximum absolute atomic E-state index is 3.49. The molecule has 0 radical (unpaired) electrons. The van der Waals surface area contributed by atoms with Crippen LogP contribution in [0.3, 0.4) is 0 Å². The van der Waals surface area contributed by atoms with E-state index in [2.05, 4.69) is 38.0 Å². The summed E-state index contributed by atoms with van der Waals surface area (Å²) in [6, 6.07) is 1.27. The molecule has 2 heteroatoms. The molecule has 14 heavy (non-hydrogen) atoms. The monoisotopic (exact) mass is 198 g/mol. The van der Waals surface area contributed by atoms with Gasteiger partial charge in [-0.05, 0) is 32.7 Å². The van der Waals surface area contributed by atoms with Crippen LogP contribution in [0.2, 0.25) is 0 Å². The number of nitrogens with one attached hydrogen (secondary N) is 1. The van der Waals surface area contributed by atoms with E-state index in [1.807, 2.05) is 0 Å². The van der Waals surface area contributed by atoms with E-state index in [1.165, 1.54) is 25.8 Å². The van der Waals surface area contributed by atoms with Crippen LogP contribution in [0.25, 0.3) is 0 Å². The first-order valence-corrected chi connectivity index (χ1v) is 6.03. The first kappa shape index (κ1) is 12.0. The molecule has 0 aromatic rings. The van der Waals surface area contributed by atoms with Crippen molar-refractivity contribution in [3.8, 4) is 0 Å².